The summed E-state index contributed by atoms with van der Waals surface area (Å²) in [7, 11) is -3.49. The lowest BCUT2D eigenvalue weighted by Gasteiger charge is -2.32. The Morgan fingerprint density at radius 2 is 2.19 bits per heavy atom. The van der Waals surface area contributed by atoms with Crippen LogP contribution >= 0.6 is 22.7 Å². The summed E-state index contributed by atoms with van der Waals surface area (Å²) in [5, 5.41) is 3.91. The summed E-state index contributed by atoms with van der Waals surface area (Å²) in [5.74, 6) is 0. The molecule has 4 nitrogen and oxygen atoms in total. The van der Waals surface area contributed by atoms with Crippen LogP contribution in [0.25, 0.3) is 0 Å². The lowest BCUT2D eigenvalue weighted by atomic mass is 10.0. The van der Waals surface area contributed by atoms with E-state index in [1.807, 2.05) is 30.7 Å². The van der Waals surface area contributed by atoms with Gasteiger partial charge in [-0.1, -0.05) is 0 Å². The third kappa shape index (κ3) is 2.37. The van der Waals surface area contributed by atoms with Crippen LogP contribution in [0.4, 0.5) is 0 Å². The van der Waals surface area contributed by atoms with E-state index in [0.717, 1.165) is 22.4 Å². The predicted molar refractivity (Wildman–Crippen MR) is 87.3 cm³/mol. The number of rotatable bonds is 3. The van der Waals surface area contributed by atoms with E-state index in [1.54, 1.807) is 15.6 Å². The van der Waals surface area contributed by atoms with Gasteiger partial charge < -0.3 is 5.73 Å². The average Bonchev–Trinajstić information content (AvgIpc) is 3.05. The topological polar surface area (TPSA) is 63.4 Å². The van der Waals surface area contributed by atoms with Crippen LogP contribution in [0.15, 0.2) is 21.7 Å². The van der Waals surface area contributed by atoms with E-state index in [0.29, 0.717) is 11.4 Å². The molecular weight excluding hydrogens is 324 g/mol. The van der Waals surface area contributed by atoms with Crippen LogP contribution in [0, 0.1) is 6.92 Å². The Labute approximate surface area is 133 Å². The first-order valence-electron chi connectivity index (χ1n) is 6.82. The number of nitrogens with two attached hydrogens (primary N) is 1. The molecule has 0 amide bonds. The highest BCUT2D eigenvalue weighted by Gasteiger charge is 2.36. The number of hydrogen-bond donors (Lipinski definition) is 1. The Kier molecular flexibility index (Phi) is 3.96. The van der Waals surface area contributed by atoms with Crippen LogP contribution < -0.4 is 5.73 Å². The van der Waals surface area contributed by atoms with E-state index in [2.05, 4.69) is 0 Å². The fourth-order valence-electron chi connectivity index (χ4n) is 2.91. The molecule has 2 aromatic rings. The molecule has 0 aliphatic carbocycles. The molecule has 1 unspecified atom stereocenters. The molecule has 0 spiro atoms. The highest BCUT2D eigenvalue weighted by Crippen LogP contribution is 2.38. The van der Waals surface area contributed by atoms with Crippen molar-refractivity contribution in [2.45, 2.75) is 37.8 Å². The maximum Gasteiger partial charge on any atom is 0.245 e. The van der Waals surface area contributed by atoms with Gasteiger partial charge in [0.1, 0.15) is 4.90 Å². The van der Waals surface area contributed by atoms with Gasteiger partial charge in [-0.2, -0.15) is 4.31 Å². The van der Waals surface area contributed by atoms with Crippen LogP contribution in [0.5, 0.6) is 0 Å². The number of nitrogens with zero attached hydrogens (tertiary/aromatic N) is 1. The van der Waals surface area contributed by atoms with Crippen molar-refractivity contribution in [3.8, 4) is 0 Å². The molecule has 1 aliphatic heterocycles. The summed E-state index contributed by atoms with van der Waals surface area (Å²) < 4.78 is 27.8. The Balaban J connectivity index is 2.06. The van der Waals surface area contributed by atoms with E-state index in [4.69, 9.17) is 5.73 Å². The summed E-state index contributed by atoms with van der Waals surface area (Å²) in [6.07, 6.45) is 0.789. The van der Waals surface area contributed by atoms with Gasteiger partial charge in [0.05, 0.1) is 0 Å². The van der Waals surface area contributed by atoms with Crippen molar-refractivity contribution >= 4 is 32.7 Å². The van der Waals surface area contributed by atoms with Gasteiger partial charge in [0.25, 0.3) is 0 Å². The molecule has 0 saturated heterocycles. The van der Waals surface area contributed by atoms with Crippen molar-refractivity contribution in [1.29, 1.82) is 0 Å². The SMILES string of the molecule is Cc1csc(CN)c1S(=O)(=O)N1CCc2sccc2C1C. The number of sulfonamides is 1. The molecule has 3 heterocycles. The minimum absolute atomic E-state index is 0.116. The van der Waals surface area contributed by atoms with Gasteiger partial charge >= 0.3 is 0 Å². The number of thiophene rings is 2. The second-order valence-electron chi connectivity index (χ2n) is 5.22. The molecule has 0 bridgehead atoms. The fraction of sp³-hybridized carbons (Fsp3) is 0.429. The van der Waals surface area contributed by atoms with E-state index in [-0.39, 0.29) is 12.6 Å². The second-order valence-corrected chi connectivity index (χ2v) is 9.01. The Morgan fingerprint density at radius 3 is 2.90 bits per heavy atom. The third-order valence-electron chi connectivity index (χ3n) is 3.96. The maximum atomic E-state index is 13.1. The van der Waals surface area contributed by atoms with Gasteiger partial charge in [-0.3, -0.25) is 0 Å². The second kappa shape index (κ2) is 5.48. The first kappa shape index (κ1) is 15.2. The lowest BCUT2D eigenvalue weighted by molar-refractivity contribution is 0.329. The van der Waals surface area contributed by atoms with E-state index < -0.39 is 10.0 Å². The van der Waals surface area contributed by atoms with Crippen LogP contribution in [0.1, 0.15) is 33.8 Å². The summed E-state index contributed by atoms with van der Waals surface area (Å²) in [5.41, 5.74) is 7.65. The van der Waals surface area contributed by atoms with Gasteiger partial charge in [-0.25, -0.2) is 8.42 Å². The van der Waals surface area contributed by atoms with Gasteiger partial charge in [0.2, 0.25) is 10.0 Å². The Bertz CT molecular complexity index is 761. The van der Waals surface area contributed by atoms with Gasteiger partial charge in [0.15, 0.2) is 0 Å². The van der Waals surface area contributed by atoms with E-state index >= 15 is 0 Å². The maximum absolute atomic E-state index is 13.1. The first-order chi connectivity index (χ1) is 9.96. The average molecular weight is 343 g/mol. The quantitative estimate of drug-likeness (QED) is 0.933. The predicted octanol–water partition coefficient (Wildman–Crippen LogP) is 2.88. The zero-order chi connectivity index (χ0) is 15.2. The molecule has 114 valence electrons. The lowest BCUT2D eigenvalue weighted by Crippen LogP contribution is -2.38. The highest BCUT2D eigenvalue weighted by atomic mass is 32.2. The molecule has 0 radical (unpaired) electrons. The molecule has 3 rings (SSSR count). The minimum Gasteiger partial charge on any atom is -0.326 e. The van der Waals surface area contributed by atoms with E-state index in [1.165, 1.54) is 16.2 Å². The van der Waals surface area contributed by atoms with Crippen molar-refractivity contribution in [3.63, 3.8) is 0 Å². The number of aryl methyl sites for hydroxylation is 1. The summed E-state index contributed by atoms with van der Waals surface area (Å²) in [6.45, 7) is 4.61. The minimum atomic E-state index is -3.49. The van der Waals surface area contributed by atoms with Gasteiger partial charge in [-0.15, -0.1) is 22.7 Å². The van der Waals surface area contributed by atoms with Gasteiger partial charge in [0, 0.05) is 28.9 Å². The number of hydrogen-bond acceptors (Lipinski definition) is 5. The standard InChI is InChI=1S/C14H18N2O2S3/c1-9-8-20-13(7-15)14(9)21(17,18)16-5-3-12-11(10(16)2)4-6-19-12/h4,6,8,10H,3,5,7,15H2,1-2H3. The van der Waals surface area contributed by atoms with E-state index in [9.17, 15) is 8.42 Å². The molecular formula is C14H18N2O2S3. The molecule has 21 heavy (non-hydrogen) atoms. The summed E-state index contributed by atoms with van der Waals surface area (Å²) >= 11 is 3.14. The Hall–Kier alpha value is -0.730. The van der Waals surface area contributed by atoms with Crippen LogP contribution in [-0.4, -0.2) is 19.3 Å². The molecule has 2 aromatic heterocycles. The Morgan fingerprint density at radius 1 is 1.43 bits per heavy atom. The van der Waals surface area contributed by atoms with Crippen molar-refractivity contribution < 1.29 is 8.42 Å². The monoisotopic (exact) mass is 342 g/mol. The normalized spacial score (nSPS) is 19.7. The summed E-state index contributed by atoms with van der Waals surface area (Å²) in [6, 6.07) is 1.92. The summed E-state index contributed by atoms with van der Waals surface area (Å²) in [4.78, 5) is 2.46. The molecule has 1 atom stereocenters. The zero-order valence-electron chi connectivity index (χ0n) is 12.0. The molecule has 1 aliphatic rings. The molecule has 7 heteroatoms. The fourth-order valence-corrected chi connectivity index (χ4v) is 7.14. The number of fused-ring (bicyclic) bond motifs is 1. The largest absolute Gasteiger partial charge is 0.326 e. The zero-order valence-corrected chi connectivity index (χ0v) is 14.4. The van der Waals surface area contributed by atoms with Crippen molar-refractivity contribution in [2.24, 2.45) is 5.73 Å². The highest BCUT2D eigenvalue weighted by molar-refractivity contribution is 7.89. The molecule has 0 fully saturated rings. The van der Waals surface area contributed by atoms with Gasteiger partial charge in [-0.05, 0) is 48.2 Å². The molecule has 0 aromatic carbocycles. The first-order valence-corrected chi connectivity index (χ1v) is 10.0. The van der Waals surface area contributed by atoms with Crippen molar-refractivity contribution in [1.82, 2.24) is 4.31 Å². The van der Waals surface area contributed by atoms with Crippen LogP contribution in [0.2, 0.25) is 0 Å². The van der Waals surface area contributed by atoms with Crippen LogP contribution in [-0.2, 0) is 23.0 Å². The molecule has 0 saturated carbocycles. The smallest absolute Gasteiger partial charge is 0.245 e. The van der Waals surface area contributed by atoms with Crippen molar-refractivity contribution in [2.75, 3.05) is 6.54 Å². The third-order valence-corrected chi connectivity index (χ3v) is 8.42. The van der Waals surface area contributed by atoms with Crippen LogP contribution in [0.3, 0.4) is 0 Å². The molecule has 2 N–H and O–H groups in total. The van der Waals surface area contributed by atoms with Crippen molar-refractivity contribution in [3.05, 3.63) is 37.7 Å².